The molecule has 1 atom stereocenters. The van der Waals surface area contributed by atoms with Crippen LogP contribution in [0.1, 0.15) is 23.6 Å². The predicted octanol–water partition coefficient (Wildman–Crippen LogP) is 3.58. The van der Waals surface area contributed by atoms with Gasteiger partial charge in [0.15, 0.2) is 0 Å². The van der Waals surface area contributed by atoms with Crippen LogP contribution in [0, 0.1) is 0 Å². The number of ether oxygens (including phenoxy) is 2. The minimum absolute atomic E-state index is 0.494. The molecular formula is C18H21NO2. The standard InChI is InChI=1S/C18H21NO2/c1-19-18-7-5-13-8-12(4-6-17(13)18)14-9-15(20-2)11-16(10-14)21-3/h4,6,8-11,18-19H,5,7H2,1-3H3. The molecular weight excluding hydrogens is 262 g/mol. The Morgan fingerprint density at radius 3 is 2.29 bits per heavy atom. The van der Waals surface area contributed by atoms with Crippen molar-refractivity contribution in [3.8, 4) is 22.6 Å². The van der Waals surface area contributed by atoms with Crippen LogP contribution in [0.3, 0.4) is 0 Å². The fourth-order valence-electron chi connectivity index (χ4n) is 3.07. The molecule has 0 heterocycles. The zero-order valence-electron chi connectivity index (χ0n) is 12.8. The van der Waals surface area contributed by atoms with Gasteiger partial charge in [-0.15, -0.1) is 0 Å². The maximum Gasteiger partial charge on any atom is 0.123 e. The minimum atomic E-state index is 0.494. The molecule has 1 N–H and O–H groups in total. The summed E-state index contributed by atoms with van der Waals surface area (Å²) in [5.41, 5.74) is 5.20. The van der Waals surface area contributed by atoms with Gasteiger partial charge in [-0.05, 0) is 54.3 Å². The molecule has 0 fully saturated rings. The lowest BCUT2D eigenvalue weighted by Gasteiger charge is -2.12. The Kier molecular flexibility index (Phi) is 3.84. The van der Waals surface area contributed by atoms with Gasteiger partial charge in [0.2, 0.25) is 0 Å². The molecule has 0 saturated heterocycles. The van der Waals surface area contributed by atoms with Crippen LogP contribution in [-0.4, -0.2) is 21.3 Å². The molecule has 3 heteroatoms. The van der Waals surface area contributed by atoms with E-state index in [2.05, 4.69) is 35.6 Å². The second kappa shape index (κ2) is 5.78. The average molecular weight is 283 g/mol. The average Bonchev–Trinajstić information content (AvgIpc) is 2.96. The van der Waals surface area contributed by atoms with Crippen molar-refractivity contribution in [2.24, 2.45) is 0 Å². The first kappa shape index (κ1) is 14.0. The summed E-state index contributed by atoms with van der Waals surface area (Å²) in [5.74, 6) is 1.64. The first-order valence-corrected chi connectivity index (χ1v) is 7.28. The van der Waals surface area contributed by atoms with Crippen molar-refractivity contribution in [1.82, 2.24) is 5.32 Å². The van der Waals surface area contributed by atoms with Gasteiger partial charge >= 0.3 is 0 Å². The van der Waals surface area contributed by atoms with Gasteiger partial charge in [0.25, 0.3) is 0 Å². The molecule has 1 unspecified atom stereocenters. The van der Waals surface area contributed by atoms with E-state index in [4.69, 9.17) is 9.47 Å². The summed E-state index contributed by atoms with van der Waals surface area (Å²) >= 11 is 0. The molecule has 0 aliphatic heterocycles. The minimum Gasteiger partial charge on any atom is -0.497 e. The number of aryl methyl sites for hydroxylation is 1. The van der Waals surface area contributed by atoms with Crippen LogP contribution in [0.2, 0.25) is 0 Å². The van der Waals surface area contributed by atoms with Crippen LogP contribution < -0.4 is 14.8 Å². The van der Waals surface area contributed by atoms with Gasteiger partial charge in [-0.25, -0.2) is 0 Å². The maximum atomic E-state index is 5.36. The van der Waals surface area contributed by atoms with Crippen molar-refractivity contribution in [1.29, 1.82) is 0 Å². The molecule has 2 aromatic carbocycles. The summed E-state index contributed by atoms with van der Waals surface area (Å²) < 4.78 is 10.7. The molecule has 0 bridgehead atoms. The highest BCUT2D eigenvalue weighted by Gasteiger charge is 2.21. The molecule has 1 aliphatic rings. The van der Waals surface area contributed by atoms with Gasteiger partial charge in [-0.1, -0.05) is 18.2 Å². The van der Waals surface area contributed by atoms with Crippen LogP contribution in [0.25, 0.3) is 11.1 Å². The fraction of sp³-hybridized carbons (Fsp3) is 0.333. The molecule has 3 rings (SSSR count). The molecule has 0 aromatic heterocycles. The molecule has 21 heavy (non-hydrogen) atoms. The lowest BCUT2D eigenvalue weighted by Crippen LogP contribution is -2.12. The van der Waals surface area contributed by atoms with Crippen molar-refractivity contribution in [2.75, 3.05) is 21.3 Å². The quantitative estimate of drug-likeness (QED) is 0.930. The summed E-state index contributed by atoms with van der Waals surface area (Å²) in [5, 5.41) is 3.38. The first-order valence-electron chi connectivity index (χ1n) is 7.28. The normalized spacial score (nSPS) is 16.6. The van der Waals surface area contributed by atoms with Crippen molar-refractivity contribution in [3.05, 3.63) is 47.5 Å². The van der Waals surface area contributed by atoms with Crippen LogP contribution in [-0.2, 0) is 6.42 Å². The maximum absolute atomic E-state index is 5.36. The Hall–Kier alpha value is -2.00. The molecule has 110 valence electrons. The SMILES string of the molecule is CNC1CCc2cc(-c3cc(OC)cc(OC)c3)ccc21. The third-order valence-corrected chi connectivity index (χ3v) is 4.25. The summed E-state index contributed by atoms with van der Waals surface area (Å²) in [6.45, 7) is 0. The van der Waals surface area contributed by atoms with Gasteiger partial charge in [0, 0.05) is 12.1 Å². The van der Waals surface area contributed by atoms with E-state index in [1.54, 1.807) is 14.2 Å². The Morgan fingerprint density at radius 1 is 0.952 bits per heavy atom. The number of fused-ring (bicyclic) bond motifs is 1. The van der Waals surface area contributed by atoms with E-state index in [0.717, 1.165) is 23.5 Å². The zero-order chi connectivity index (χ0) is 14.8. The van der Waals surface area contributed by atoms with E-state index in [1.807, 2.05) is 13.1 Å². The molecule has 0 saturated carbocycles. The van der Waals surface area contributed by atoms with Gasteiger partial charge in [-0.3, -0.25) is 0 Å². The summed E-state index contributed by atoms with van der Waals surface area (Å²) in [6, 6.07) is 13.2. The highest BCUT2D eigenvalue weighted by Crippen LogP contribution is 2.36. The largest absolute Gasteiger partial charge is 0.497 e. The van der Waals surface area contributed by atoms with E-state index in [-0.39, 0.29) is 0 Å². The molecule has 2 aromatic rings. The molecule has 0 amide bonds. The second-order valence-electron chi connectivity index (χ2n) is 5.39. The smallest absolute Gasteiger partial charge is 0.123 e. The topological polar surface area (TPSA) is 30.5 Å². The summed E-state index contributed by atoms with van der Waals surface area (Å²) in [7, 11) is 5.39. The van der Waals surface area contributed by atoms with Crippen LogP contribution in [0.4, 0.5) is 0 Å². The number of nitrogens with one attached hydrogen (secondary N) is 1. The van der Waals surface area contributed by atoms with E-state index < -0.39 is 0 Å². The number of hydrogen-bond donors (Lipinski definition) is 1. The van der Waals surface area contributed by atoms with Crippen molar-refractivity contribution in [2.45, 2.75) is 18.9 Å². The van der Waals surface area contributed by atoms with Gasteiger partial charge in [0.1, 0.15) is 11.5 Å². The van der Waals surface area contributed by atoms with Crippen LogP contribution in [0.5, 0.6) is 11.5 Å². The van der Waals surface area contributed by atoms with Crippen LogP contribution >= 0.6 is 0 Å². The van der Waals surface area contributed by atoms with Gasteiger partial charge in [-0.2, -0.15) is 0 Å². The molecule has 3 nitrogen and oxygen atoms in total. The van der Waals surface area contributed by atoms with Crippen LogP contribution in [0.15, 0.2) is 36.4 Å². The number of rotatable bonds is 4. The summed E-state index contributed by atoms with van der Waals surface area (Å²) in [4.78, 5) is 0. The van der Waals surface area contributed by atoms with Gasteiger partial charge in [0.05, 0.1) is 14.2 Å². The predicted molar refractivity (Wildman–Crippen MR) is 85.1 cm³/mol. The third-order valence-electron chi connectivity index (χ3n) is 4.25. The van der Waals surface area contributed by atoms with Gasteiger partial charge < -0.3 is 14.8 Å². The Bertz CT molecular complexity index is 629. The fourth-order valence-corrected chi connectivity index (χ4v) is 3.07. The highest BCUT2D eigenvalue weighted by molar-refractivity contribution is 5.69. The monoisotopic (exact) mass is 283 g/mol. The molecule has 0 radical (unpaired) electrons. The Balaban J connectivity index is 2.01. The molecule has 1 aliphatic carbocycles. The Morgan fingerprint density at radius 2 is 1.67 bits per heavy atom. The highest BCUT2D eigenvalue weighted by atomic mass is 16.5. The van der Waals surface area contributed by atoms with Crippen molar-refractivity contribution in [3.63, 3.8) is 0 Å². The Labute approximate surface area is 125 Å². The van der Waals surface area contributed by atoms with E-state index in [1.165, 1.54) is 23.1 Å². The van der Waals surface area contributed by atoms with E-state index in [9.17, 15) is 0 Å². The van der Waals surface area contributed by atoms with Crippen molar-refractivity contribution < 1.29 is 9.47 Å². The number of methoxy groups -OCH3 is 2. The third kappa shape index (κ3) is 2.61. The molecule has 0 spiro atoms. The second-order valence-corrected chi connectivity index (χ2v) is 5.39. The number of benzene rings is 2. The van der Waals surface area contributed by atoms with Crippen molar-refractivity contribution >= 4 is 0 Å². The lowest BCUT2D eigenvalue weighted by atomic mass is 9.99. The lowest BCUT2D eigenvalue weighted by molar-refractivity contribution is 0.394. The zero-order valence-corrected chi connectivity index (χ0v) is 12.8. The van der Waals surface area contributed by atoms with E-state index in [0.29, 0.717) is 6.04 Å². The van der Waals surface area contributed by atoms with E-state index >= 15 is 0 Å². The first-order chi connectivity index (χ1) is 10.2. The number of hydrogen-bond acceptors (Lipinski definition) is 3. The summed E-state index contributed by atoms with van der Waals surface area (Å²) in [6.07, 6.45) is 2.31.